The van der Waals surface area contributed by atoms with E-state index in [0.717, 1.165) is 36.1 Å². The molecule has 4 rings (SSSR count). The van der Waals surface area contributed by atoms with E-state index in [1.54, 1.807) is 13.2 Å². The van der Waals surface area contributed by atoms with Gasteiger partial charge in [-0.25, -0.2) is 0 Å². The third-order valence-electron chi connectivity index (χ3n) is 6.13. The van der Waals surface area contributed by atoms with Gasteiger partial charge in [-0.2, -0.15) is 0 Å². The first-order valence-corrected chi connectivity index (χ1v) is 11.1. The van der Waals surface area contributed by atoms with Crippen molar-refractivity contribution in [3.05, 3.63) is 65.7 Å². The molecule has 0 aromatic heterocycles. The van der Waals surface area contributed by atoms with Crippen LogP contribution in [0.1, 0.15) is 57.1 Å². The van der Waals surface area contributed by atoms with E-state index < -0.39 is 11.2 Å². The molecule has 1 fully saturated rings. The summed E-state index contributed by atoms with van der Waals surface area (Å²) < 4.78 is 11.4. The second kappa shape index (κ2) is 8.51. The highest BCUT2D eigenvalue weighted by Gasteiger charge is 2.52. The highest BCUT2D eigenvalue weighted by molar-refractivity contribution is 5.77. The molecule has 1 spiro atoms. The van der Waals surface area contributed by atoms with Crippen molar-refractivity contribution in [1.29, 1.82) is 0 Å². The van der Waals surface area contributed by atoms with Crippen LogP contribution in [-0.4, -0.2) is 24.3 Å². The van der Waals surface area contributed by atoms with Crippen LogP contribution in [0.2, 0.25) is 0 Å². The summed E-state index contributed by atoms with van der Waals surface area (Å²) in [6.07, 6.45) is 4.49. The van der Waals surface area contributed by atoms with Gasteiger partial charge < -0.3 is 15.2 Å². The maximum Gasteiger partial charge on any atom is 0.310 e. The van der Waals surface area contributed by atoms with Crippen molar-refractivity contribution < 1.29 is 19.1 Å². The predicted octanol–water partition coefficient (Wildman–Crippen LogP) is 4.82. The van der Waals surface area contributed by atoms with Gasteiger partial charge in [0.2, 0.25) is 0 Å². The minimum absolute atomic E-state index is 0.183. The van der Waals surface area contributed by atoms with Gasteiger partial charge in [-0.15, -0.1) is 0 Å². The molecule has 3 N–H and O–H groups in total. The molecule has 1 unspecified atom stereocenters. The van der Waals surface area contributed by atoms with Crippen molar-refractivity contribution in [2.45, 2.75) is 57.2 Å². The zero-order chi connectivity index (χ0) is 22.9. The molecule has 32 heavy (non-hydrogen) atoms. The van der Waals surface area contributed by atoms with Crippen molar-refractivity contribution in [2.75, 3.05) is 12.8 Å². The summed E-state index contributed by atoms with van der Waals surface area (Å²) in [5.74, 6) is 0.0154. The summed E-state index contributed by atoms with van der Waals surface area (Å²) in [5, 5.41) is 0. The molecule has 2 aliphatic rings. The zero-order valence-electron chi connectivity index (χ0n) is 19.2. The Morgan fingerprint density at radius 1 is 1.19 bits per heavy atom. The average Bonchev–Trinajstić information content (AvgIpc) is 3.17. The molecule has 0 amide bonds. The number of carbonyl (C=O) groups is 1. The first kappa shape index (κ1) is 22.2. The van der Waals surface area contributed by atoms with E-state index >= 15 is 0 Å². The first-order chi connectivity index (χ1) is 15.2. The lowest BCUT2D eigenvalue weighted by Crippen LogP contribution is -2.47. The van der Waals surface area contributed by atoms with Crippen molar-refractivity contribution in [2.24, 2.45) is 5.92 Å². The molecule has 6 heteroatoms. The average molecular weight is 437 g/mol. The zero-order valence-corrected chi connectivity index (χ0v) is 19.2. The van der Waals surface area contributed by atoms with Crippen molar-refractivity contribution in [3.63, 3.8) is 0 Å². The van der Waals surface area contributed by atoms with E-state index in [0.29, 0.717) is 11.4 Å². The normalized spacial score (nSPS) is 25.2. The van der Waals surface area contributed by atoms with Gasteiger partial charge in [0.25, 0.3) is 0 Å². The number of hydroxylamine groups is 1. The highest BCUT2D eigenvalue weighted by Crippen LogP contribution is 2.51. The standard InChI is InChI=1S/C26H32N2O4/c1-25(2,3)31-24(29)19-11-8-14-26(23(19)17-9-6-5-7-10-17)16-21(28-32-26)20-15-18(27)12-13-22(20)30-4/h5-7,9-10,12-13,15-16,19,23,28H,8,11,14,27H2,1-4H3/t19?,23-,26+/m1/s1. The number of rotatable bonds is 4. The monoisotopic (exact) mass is 436 g/mol. The van der Waals surface area contributed by atoms with E-state index in [9.17, 15) is 4.79 Å². The molecule has 0 radical (unpaired) electrons. The molecule has 1 saturated carbocycles. The van der Waals surface area contributed by atoms with E-state index in [1.807, 2.05) is 51.1 Å². The van der Waals surface area contributed by atoms with Gasteiger partial charge in [0.1, 0.15) is 17.0 Å². The summed E-state index contributed by atoms with van der Waals surface area (Å²) in [7, 11) is 1.63. The third-order valence-corrected chi connectivity index (χ3v) is 6.13. The summed E-state index contributed by atoms with van der Waals surface area (Å²) in [5.41, 5.74) is 11.2. The van der Waals surface area contributed by atoms with Crippen LogP contribution in [0.25, 0.3) is 5.70 Å². The Balaban J connectivity index is 1.78. The fourth-order valence-electron chi connectivity index (χ4n) is 4.87. The molecule has 1 heterocycles. The van der Waals surface area contributed by atoms with Gasteiger partial charge in [-0.1, -0.05) is 30.3 Å². The van der Waals surface area contributed by atoms with Crippen molar-refractivity contribution in [1.82, 2.24) is 5.48 Å². The molecule has 6 nitrogen and oxygen atoms in total. The summed E-state index contributed by atoms with van der Waals surface area (Å²) in [4.78, 5) is 19.6. The van der Waals surface area contributed by atoms with Gasteiger partial charge in [0, 0.05) is 17.2 Å². The maximum atomic E-state index is 13.3. The fraction of sp³-hybridized carbons (Fsp3) is 0.423. The lowest BCUT2D eigenvalue weighted by molar-refractivity contribution is -0.168. The minimum Gasteiger partial charge on any atom is -0.496 e. The quantitative estimate of drug-likeness (QED) is 0.528. The topological polar surface area (TPSA) is 82.8 Å². The van der Waals surface area contributed by atoms with E-state index in [1.165, 1.54) is 0 Å². The van der Waals surface area contributed by atoms with E-state index in [2.05, 4.69) is 23.7 Å². The van der Waals surface area contributed by atoms with Crippen LogP contribution in [0.5, 0.6) is 5.75 Å². The number of ether oxygens (including phenoxy) is 2. The van der Waals surface area contributed by atoms with E-state index in [4.69, 9.17) is 20.0 Å². The minimum atomic E-state index is -0.688. The summed E-state index contributed by atoms with van der Waals surface area (Å²) in [6.45, 7) is 5.70. The van der Waals surface area contributed by atoms with Crippen LogP contribution in [0.4, 0.5) is 5.69 Å². The van der Waals surface area contributed by atoms with Gasteiger partial charge >= 0.3 is 5.97 Å². The van der Waals surface area contributed by atoms with Crippen LogP contribution in [0, 0.1) is 5.92 Å². The summed E-state index contributed by atoms with van der Waals surface area (Å²) in [6, 6.07) is 15.6. The Morgan fingerprint density at radius 2 is 1.94 bits per heavy atom. The number of benzene rings is 2. The maximum absolute atomic E-state index is 13.3. The number of hydrogen-bond donors (Lipinski definition) is 2. The number of carbonyl (C=O) groups excluding carboxylic acids is 1. The van der Waals surface area contributed by atoms with Crippen molar-refractivity contribution in [3.8, 4) is 5.75 Å². The number of nitrogens with two attached hydrogens (primary N) is 1. The molecule has 2 aromatic carbocycles. The van der Waals surface area contributed by atoms with Crippen LogP contribution in [0.15, 0.2) is 54.6 Å². The molecule has 2 aromatic rings. The fourth-order valence-corrected chi connectivity index (χ4v) is 4.87. The predicted molar refractivity (Wildman–Crippen MR) is 125 cm³/mol. The van der Waals surface area contributed by atoms with Crippen LogP contribution < -0.4 is 16.0 Å². The number of hydrogen-bond acceptors (Lipinski definition) is 6. The van der Waals surface area contributed by atoms with Crippen LogP contribution in [0.3, 0.4) is 0 Å². The van der Waals surface area contributed by atoms with Gasteiger partial charge in [-0.3, -0.25) is 15.1 Å². The first-order valence-electron chi connectivity index (χ1n) is 11.1. The smallest absolute Gasteiger partial charge is 0.310 e. The highest BCUT2D eigenvalue weighted by atomic mass is 16.7. The van der Waals surface area contributed by atoms with Crippen LogP contribution >= 0.6 is 0 Å². The van der Waals surface area contributed by atoms with Crippen LogP contribution in [-0.2, 0) is 14.4 Å². The molecular formula is C26H32N2O4. The second-order valence-electron chi connectivity index (χ2n) is 9.60. The Morgan fingerprint density at radius 3 is 2.62 bits per heavy atom. The molecule has 0 saturated heterocycles. The van der Waals surface area contributed by atoms with Crippen molar-refractivity contribution >= 4 is 17.4 Å². The largest absolute Gasteiger partial charge is 0.496 e. The molecule has 170 valence electrons. The number of nitrogen functional groups attached to an aromatic ring is 1. The third kappa shape index (κ3) is 4.32. The van der Waals surface area contributed by atoms with Gasteiger partial charge in [0.05, 0.1) is 18.7 Å². The summed E-state index contributed by atoms with van der Waals surface area (Å²) >= 11 is 0. The molecule has 1 aliphatic heterocycles. The van der Waals surface area contributed by atoms with Gasteiger partial charge in [0.15, 0.2) is 0 Å². The molecule has 0 bridgehead atoms. The number of methoxy groups -OCH3 is 1. The number of nitrogens with one attached hydrogen (secondary N) is 1. The van der Waals surface area contributed by atoms with Gasteiger partial charge in [-0.05, 0) is 69.9 Å². The lowest BCUT2D eigenvalue weighted by Gasteiger charge is -2.43. The number of anilines is 1. The molecule has 3 atom stereocenters. The Kier molecular flexibility index (Phi) is 5.91. The SMILES string of the molecule is COc1ccc(N)cc1C1=C[C@]2(CCCC(C(=O)OC(C)(C)C)[C@H]2c2ccccc2)ON1. The Bertz CT molecular complexity index is 1010. The Hall–Kier alpha value is -2.99. The molecular weight excluding hydrogens is 404 g/mol. The second-order valence-corrected chi connectivity index (χ2v) is 9.60. The Labute approximate surface area is 189 Å². The molecule has 1 aliphatic carbocycles. The van der Waals surface area contributed by atoms with E-state index in [-0.39, 0.29) is 17.8 Å². The lowest BCUT2D eigenvalue weighted by atomic mass is 9.65. The number of esters is 1.